The van der Waals surface area contributed by atoms with Crippen LogP contribution in [0.5, 0.6) is 0 Å². The van der Waals surface area contributed by atoms with Gasteiger partial charge >= 0.3 is 12.1 Å². The molecular weight excluding hydrogens is 525 g/mol. The van der Waals surface area contributed by atoms with Crippen molar-refractivity contribution in [2.45, 2.75) is 18.0 Å². The van der Waals surface area contributed by atoms with Crippen LogP contribution in [-0.2, 0) is 19.4 Å². The molecule has 168 valence electrons. The van der Waals surface area contributed by atoms with Crippen LogP contribution in [0.15, 0.2) is 33.6 Å². The Hall–Kier alpha value is -2.32. The zero-order chi connectivity index (χ0) is 23.4. The first-order valence-corrected chi connectivity index (χ1v) is 11.9. The Kier molecular flexibility index (Phi) is 7.94. The molecule has 14 heteroatoms. The lowest BCUT2D eigenvalue weighted by atomic mass is 10.2. The number of nitrogens with zero attached hydrogens (tertiary/aromatic N) is 2. The van der Waals surface area contributed by atoms with Gasteiger partial charge in [-0.2, -0.15) is 13.2 Å². The average Bonchev–Trinajstić information content (AvgIpc) is 3.16. The molecule has 0 amide bonds. The summed E-state index contributed by atoms with van der Waals surface area (Å²) in [6, 6.07) is 5.83. The van der Waals surface area contributed by atoms with E-state index in [4.69, 9.17) is 10.1 Å². The summed E-state index contributed by atoms with van der Waals surface area (Å²) < 4.78 is 66.7. The topological polar surface area (TPSA) is 122 Å². The molecule has 2 N–H and O–H groups in total. The molecule has 0 spiro atoms. The fourth-order valence-corrected chi connectivity index (χ4v) is 4.39. The molecule has 2 rings (SSSR count). The maximum atomic E-state index is 13.0. The summed E-state index contributed by atoms with van der Waals surface area (Å²) in [5.74, 6) is -0.718. The molecular formula is C17H16BrF3N4O4S2. The van der Waals surface area contributed by atoms with Crippen LogP contribution in [0.4, 0.5) is 13.2 Å². The second kappa shape index (κ2) is 9.87. The number of allylic oxidation sites excluding steroid dienone is 1. The zero-order valence-corrected chi connectivity index (χ0v) is 19.3. The number of nitrogens with one attached hydrogen (secondary N) is 2. The summed E-state index contributed by atoms with van der Waals surface area (Å²) in [4.78, 5) is 11.7. The standard InChI is InChI=1S/C17H16BrF3N4O4S2/c1-3-29-11(26)8-23-13(12(18)14(22)17(19,20)21)16-25-24-15(30-16)9-5-4-6-10(7-9)31(2,27)28/h4-7,22-23H,3,8H2,1-2H3/b13-12+,22-14?. The number of sulfone groups is 1. The van der Waals surface area contributed by atoms with Crippen LogP contribution in [0.2, 0.25) is 0 Å². The number of hydrogen-bond acceptors (Lipinski definition) is 9. The Labute approximate surface area is 188 Å². The van der Waals surface area contributed by atoms with Crippen molar-refractivity contribution in [3.8, 4) is 10.6 Å². The highest BCUT2D eigenvalue weighted by molar-refractivity contribution is 9.12. The highest BCUT2D eigenvalue weighted by Crippen LogP contribution is 2.33. The summed E-state index contributed by atoms with van der Waals surface area (Å²) in [6.07, 6.45) is -3.91. The maximum Gasteiger partial charge on any atom is 0.433 e. The predicted octanol–water partition coefficient (Wildman–Crippen LogP) is 3.41. The first-order valence-electron chi connectivity index (χ1n) is 8.44. The van der Waals surface area contributed by atoms with Crippen molar-refractivity contribution in [3.63, 3.8) is 0 Å². The second-order valence-corrected chi connectivity index (χ2v) is 9.72. The van der Waals surface area contributed by atoms with Crippen molar-refractivity contribution in [1.29, 1.82) is 5.41 Å². The van der Waals surface area contributed by atoms with E-state index in [-0.39, 0.29) is 27.2 Å². The van der Waals surface area contributed by atoms with Gasteiger partial charge in [0.2, 0.25) is 0 Å². The summed E-state index contributed by atoms with van der Waals surface area (Å²) in [5.41, 5.74) is -1.58. The van der Waals surface area contributed by atoms with E-state index < -0.39 is 38.7 Å². The van der Waals surface area contributed by atoms with Gasteiger partial charge in [-0.05, 0) is 35.0 Å². The van der Waals surface area contributed by atoms with Crippen molar-refractivity contribution in [1.82, 2.24) is 15.5 Å². The zero-order valence-electron chi connectivity index (χ0n) is 16.1. The Bertz CT molecular complexity index is 1130. The summed E-state index contributed by atoms with van der Waals surface area (Å²) >= 11 is 3.61. The number of alkyl halides is 3. The largest absolute Gasteiger partial charge is 0.465 e. The van der Waals surface area contributed by atoms with E-state index in [1.807, 2.05) is 0 Å². The number of esters is 1. The van der Waals surface area contributed by atoms with Gasteiger partial charge in [0.15, 0.2) is 20.6 Å². The summed E-state index contributed by atoms with van der Waals surface area (Å²) in [5, 5.41) is 17.8. The van der Waals surface area contributed by atoms with Crippen LogP contribution in [-0.4, -0.2) is 55.9 Å². The summed E-state index contributed by atoms with van der Waals surface area (Å²) in [7, 11) is -3.48. The van der Waals surface area contributed by atoms with Crippen LogP contribution < -0.4 is 5.32 Å². The lowest BCUT2D eigenvalue weighted by molar-refractivity contribution is -0.141. The van der Waals surface area contributed by atoms with Gasteiger partial charge in [-0.3, -0.25) is 10.2 Å². The van der Waals surface area contributed by atoms with Crippen molar-refractivity contribution in [3.05, 3.63) is 33.8 Å². The number of carbonyl (C=O) groups excluding carboxylic acids is 1. The summed E-state index contributed by atoms with van der Waals surface area (Å²) in [6.45, 7) is 1.19. The highest BCUT2D eigenvalue weighted by atomic mass is 79.9. The van der Waals surface area contributed by atoms with E-state index in [2.05, 4.69) is 31.4 Å². The minimum atomic E-state index is -4.95. The maximum absolute atomic E-state index is 13.0. The average molecular weight is 541 g/mol. The molecule has 0 fully saturated rings. The van der Waals surface area contributed by atoms with E-state index in [1.165, 1.54) is 18.2 Å². The number of benzene rings is 1. The highest BCUT2D eigenvalue weighted by Gasteiger charge is 2.38. The van der Waals surface area contributed by atoms with Crippen LogP contribution in [0.3, 0.4) is 0 Å². The third-order valence-electron chi connectivity index (χ3n) is 3.59. The van der Waals surface area contributed by atoms with E-state index in [1.54, 1.807) is 13.0 Å². The quantitative estimate of drug-likeness (QED) is 0.388. The molecule has 0 atom stereocenters. The molecule has 1 heterocycles. The minimum absolute atomic E-state index is 0.0398. The number of aromatic nitrogens is 2. The van der Waals surface area contributed by atoms with Gasteiger partial charge in [0.1, 0.15) is 11.6 Å². The van der Waals surface area contributed by atoms with Gasteiger partial charge in [0.05, 0.1) is 21.7 Å². The molecule has 0 aliphatic heterocycles. The van der Waals surface area contributed by atoms with E-state index in [9.17, 15) is 26.4 Å². The predicted molar refractivity (Wildman–Crippen MR) is 113 cm³/mol. The Morgan fingerprint density at radius 2 is 2.00 bits per heavy atom. The lowest BCUT2D eigenvalue weighted by Gasteiger charge is -2.13. The molecule has 0 unspecified atom stereocenters. The van der Waals surface area contributed by atoms with Gasteiger partial charge in [-0.1, -0.05) is 23.5 Å². The van der Waals surface area contributed by atoms with Gasteiger partial charge in [-0.15, -0.1) is 10.2 Å². The van der Waals surface area contributed by atoms with Crippen molar-refractivity contribution in [2.24, 2.45) is 0 Å². The molecule has 0 aliphatic carbocycles. The fourth-order valence-electron chi connectivity index (χ4n) is 2.17. The van der Waals surface area contributed by atoms with Crippen molar-refractivity contribution in [2.75, 3.05) is 19.4 Å². The van der Waals surface area contributed by atoms with Gasteiger partial charge in [-0.25, -0.2) is 8.42 Å². The number of ether oxygens (including phenoxy) is 1. The van der Waals surface area contributed by atoms with Crippen LogP contribution in [0, 0.1) is 5.41 Å². The number of rotatable bonds is 8. The second-order valence-electron chi connectivity index (χ2n) is 5.93. The molecule has 0 aliphatic rings. The van der Waals surface area contributed by atoms with Gasteiger partial charge in [0.25, 0.3) is 0 Å². The van der Waals surface area contributed by atoms with E-state index >= 15 is 0 Å². The Morgan fingerprint density at radius 3 is 2.58 bits per heavy atom. The Morgan fingerprint density at radius 1 is 1.32 bits per heavy atom. The Balaban J connectivity index is 2.48. The molecule has 1 aromatic carbocycles. The third kappa shape index (κ3) is 6.58. The first-order chi connectivity index (χ1) is 14.3. The molecule has 8 nitrogen and oxygen atoms in total. The number of hydrogen-bond donors (Lipinski definition) is 2. The van der Waals surface area contributed by atoms with E-state index in [0.717, 1.165) is 17.6 Å². The van der Waals surface area contributed by atoms with Gasteiger partial charge < -0.3 is 10.1 Å². The minimum Gasteiger partial charge on any atom is -0.465 e. The van der Waals surface area contributed by atoms with E-state index in [0.29, 0.717) is 5.56 Å². The normalized spacial score (nSPS) is 12.8. The third-order valence-corrected chi connectivity index (χ3v) is 6.48. The van der Waals surface area contributed by atoms with Crippen LogP contribution >= 0.6 is 27.3 Å². The van der Waals surface area contributed by atoms with Crippen LogP contribution in [0.1, 0.15) is 11.9 Å². The molecule has 0 radical (unpaired) electrons. The monoisotopic (exact) mass is 540 g/mol. The number of carbonyl (C=O) groups is 1. The molecule has 0 bridgehead atoms. The molecule has 1 aromatic heterocycles. The van der Waals surface area contributed by atoms with Crippen molar-refractivity contribution >= 4 is 54.5 Å². The van der Waals surface area contributed by atoms with Crippen LogP contribution in [0.25, 0.3) is 16.3 Å². The number of halogens is 4. The molecule has 0 saturated heterocycles. The lowest BCUT2D eigenvalue weighted by Crippen LogP contribution is -2.28. The van der Waals surface area contributed by atoms with Gasteiger partial charge in [0, 0.05) is 11.8 Å². The molecule has 0 saturated carbocycles. The molecule has 31 heavy (non-hydrogen) atoms. The first kappa shape index (κ1) is 24.9. The molecule has 2 aromatic rings. The van der Waals surface area contributed by atoms with Crippen molar-refractivity contribution < 1.29 is 31.1 Å². The SMILES string of the molecule is CCOC(=O)CN/C(=C(/Br)C(=N)C(F)(F)F)c1nnc(-c2cccc(S(C)(=O)=O)c2)s1. The fraction of sp³-hybridized carbons (Fsp3) is 0.294. The smallest absolute Gasteiger partial charge is 0.433 e.